The summed E-state index contributed by atoms with van der Waals surface area (Å²) in [5.74, 6) is 0. The fourth-order valence-electron chi connectivity index (χ4n) is 3.07. The minimum Gasteiger partial charge on any atom is -0.378 e. The second kappa shape index (κ2) is 7.24. The Bertz CT molecular complexity index is 742. The lowest BCUT2D eigenvalue weighted by Gasteiger charge is -2.45. The number of nitro benzene ring substituents is 1. The average molecular weight is 371 g/mol. The number of anilines is 1. The van der Waals surface area contributed by atoms with E-state index in [0.29, 0.717) is 6.54 Å². The molecule has 0 aromatic heterocycles. The van der Waals surface area contributed by atoms with Gasteiger partial charge in [-0.2, -0.15) is 0 Å². The van der Waals surface area contributed by atoms with Crippen LogP contribution in [0.25, 0.3) is 0 Å². The number of benzene rings is 1. The maximum atomic E-state index is 11.4. The predicted molar refractivity (Wildman–Crippen MR) is 96.1 cm³/mol. The van der Waals surface area contributed by atoms with Gasteiger partial charge in [-0.15, -0.1) is 0 Å². The molecule has 1 heterocycles. The number of nitro groups is 1. The Hall–Kier alpha value is -1.75. The van der Waals surface area contributed by atoms with Crippen molar-refractivity contribution in [2.45, 2.75) is 23.3 Å². The third-order valence-electron chi connectivity index (χ3n) is 4.97. The van der Waals surface area contributed by atoms with E-state index in [9.17, 15) is 18.5 Å². The van der Waals surface area contributed by atoms with Gasteiger partial charge in [-0.05, 0) is 59.2 Å². The molecule has 1 fully saturated rings. The van der Waals surface area contributed by atoms with Gasteiger partial charge in [0.15, 0.2) is 0 Å². The van der Waals surface area contributed by atoms with E-state index in [1.807, 2.05) is 14.1 Å². The number of piperidine rings is 1. The molecule has 0 amide bonds. The SMILES string of the molecule is CN1CCC(CNc2ccc(S(N)(=O)=O)cc2[N+](=O)[O-])(N(C)C)CC1. The minimum atomic E-state index is -3.99. The third kappa shape index (κ3) is 4.46. The van der Waals surface area contributed by atoms with Crippen LogP contribution in [0, 0.1) is 10.1 Å². The van der Waals surface area contributed by atoms with Crippen molar-refractivity contribution >= 4 is 21.4 Å². The molecule has 1 aromatic carbocycles. The van der Waals surface area contributed by atoms with E-state index < -0.39 is 14.9 Å². The summed E-state index contributed by atoms with van der Waals surface area (Å²) < 4.78 is 22.8. The van der Waals surface area contributed by atoms with E-state index in [-0.39, 0.29) is 21.8 Å². The second-order valence-corrected chi connectivity index (χ2v) is 8.32. The molecule has 9 nitrogen and oxygen atoms in total. The number of sulfonamides is 1. The molecular weight excluding hydrogens is 346 g/mol. The molecule has 25 heavy (non-hydrogen) atoms. The van der Waals surface area contributed by atoms with Crippen LogP contribution < -0.4 is 10.5 Å². The van der Waals surface area contributed by atoms with Crippen LogP contribution in [0.4, 0.5) is 11.4 Å². The summed E-state index contributed by atoms with van der Waals surface area (Å²) >= 11 is 0. The molecule has 0 bridgehead atoms. The molecule has 3 N–H and O–H groups in total. The van der Waals surface area contributed by atoms with Crippen molar-refractivity contribution in [2.75, 3.05) is 46.1 Å². The van der Waals surface area contributed by atoms with Crippen molar-refractivity contribution in [1.29, 1.82) is 0 Å². The number of hydrogen-bond donors (Lipinski definition) is 2. The highest BCUT2D eigenvalue weighted by Gasteiger charge is 2.36. The van der Waals surface area contributed by atoms with Gasteiger partial charge in [-0.3, -0.25) is 10.1 Å². The van der Waals surface area contributed by atoms with E-state index >= 15 is 0 Å². The molecule has 2 rings (SSSR count). The summed E-state index contributed by atoms with van der Waals surface area (Å²) in [4.78, 5) is 14.9. The Morgan fingerprint density at radius 2 is 1.96 bits per heavy atom. The van der Waals surface area contributed by atoms with Crippen LogP contribution >= 0.6 is 0 Å². The highest BCUT2D eigenvalue weighted by Crippen LogP contribution is 2.31. The number of nitrogens with zero attached hydrogens (tertiary/aromatic N) is 3. The monoisotopic (exact) mass is 371 g/mol. The number of nitrogens with one attached hydrogen (secondary N) is 1. The number of likely N-dealkylation sites (tertiary alicyclic amines) is 1. The molecule has 1 aliphatic heterocycles. The Balaban J connectivity index is 2.26. The molecular formula is C15H25N5O4S. The Labute approximate surface area is 148 Å². The van der Waals surface area contributed by atoms with Gasteiger partial charge < -0.3 is 15.1 Å². The minimum absolute atomic E-state index is 0.112. The lowest BCUT2D eigenvalue weighted by molar-refractivity contribution is -0.384. The number of primary sulfonamides is 1. The largest absolute Gasteiger partial charge is 0.378 e. The second-order valence-electron chi connectivity index (χ2n) is 6.76. The van der Waals surface area contributed by atoms with Crippen LogP contribution in [0.1, 0.15) is 12.8 Å². The molecule has 140 valence electrons. The van der Waals surface area contributed by atoms with E-state index in [0.717, 1.165) is 32.0 Å². The van der Waals surface area contributed by atoms with Crippen molar-refractivity contribution in [3.63, 3.8) is 0 Å². The molecule has 0 spiro atoms. The molecule has 0 unspecified atom stereocenters. The van der Waals surface area contributed by atoms with Gasteiger partial charge in [0.05, 0.1) is 9.82 Å². The predicted octanol–water partition coefficient (Wildman–Crippen LogP) is 0.680. The summed E-state index contributed by atoms with van der Waals surface area (Å²) in [6.45, 7) is 2.43. The number of rotatable bonds is 6. The Morgan fingerprint density at radius 3 is 2.44 bits per heavy atom. The van der Waals surface area contributed by atoms with Crippen molar-refractivity contribution in [3.8, 4) is 0 Å². The molecule has 1 saturated heterocycles. The van der Waals surface area contributed by atoms with Crippen LogP contribution in [-0.2, 0) is 10.0 Å². The first kappa shape index (κ1) is 19.6. The van der Waals surface area contributed by atoms with Crippen molar-refractivity contribution in [1.82, 2.24) is 9.80 Å². The summed E-state index contributed by atoms with van der Waals surface area (Å²) in [6.07, 6.45) is 1.87. The Kier molecular flexibility index (Phi) is 5.67. The molecule has 0 radical (unpaired) electrons. The van der Waals surface area contributed by atoms with Crippen molar-refractivity contribution in [3.05, 3.63) is 28.3 Å². The number of likely N-dealkylation sites (N-methyl/N-ethyl adjacent to an activating group) is 1. The zero-order chi connectivity index (χ0) is 18.8. The standard InChI is InChI=1S/C15H25N5O4S/c1-18(2)15(6-8-19(3)9-7-15)11-17-13-5-4-12(25(16,23)24)10-14(13)20(21)22/h4-5,10,17H,6-9,11H2,1-3H3,(H2,16,23,24). The fraction of sp³-hybridized carbons (Fsp3) is 0.600. The maximum Gasteiger partial charge on any atom is 0.293 e. The zero-order valence-corrected chi connectivity index (χ0v) is 15.5. The van der Waals surface area contributed by atoms with Crippen LogP contribution in [0.2, 0.25) is 0 Å². The van der Waals surface area contributed by atoms with Gasteiger partial charge in [-0.1, -0.05) is 0 Å². The molecule has 10 heteroatoms. The quantitative estimate of drug-likeness (QED) is 0.557. The molecule has 1 aliphatic rings. The van der Waals surface area contributed by atoms with Gasteiger partial charge in [0.1, 0.15) is 5.69 Å². The molecule has 0 aliphatic carbocycles. The summed E-state index contributed by atoms with van der Waals surface area (Å²) in [7, 11) is 2.10. The van der Waals surface area contributed by atoms with E-state index in [2.05, 4.69) is 22.2 Å². The normalized spacial score (nSPS) is 18.3. The van der Waals surface area contributed by atoms with Crippen LogP contribution in [-0.4, -0.2) is 69.5 Å². The maximum absolute atomic E-state index is 11.4. The van der Waals surface area contributed by atoms with Gasteiger partial charge in [0, 0.05) is 18.2 Å². The van der Waals surface area contributed by atoms with Gasteiger partial charge in [0.25, 0.3) is 5.69 Å². The van der Waals surface area contributed by atoms with Crippen LogP contribution in [0.5, 0.6) is 0 Å². The Morgan fingerprint density at radius 1 is 1.36 bits per heavy atom. The lowest BCUT2D eigenvalue weighted by atomic mass is 9.86. The fourth-order valence-corrected chi connectivity index (χ4v) is 3.60. The summed E-state index contributed by atoms with van der Waals surface area (Å²) in [6, 6.07) is 3.67. The summed E-state index contributed by atoms with van der Waals surface area (Å²) in [5, 5.41) is 19.5. The van der Waals surface area contributed by atoms with Gasteiger partial charge in [-0.25, -0.2) is 13.6 Å². The van der Waals surface area contributed by atoms with Crippen LogP contribution in [0.3, 0.4) is 0 Å². The van der Waals surface area contributed by atoms with E-state index in [4.69, 9.17) is 5.14 Å². The van der Waals surface area contributed by atoms with Crippen LogP contribution in [0.15, 0.2) is 23.1 Å². The number of nitrogens with two attached hydrogens (primary N) is 1. The average Bonchev–Trinajstić information content (AvgIpc) is 2.53. The summed E-state index contributed by atoms with van der Waals surface area (Å²) in [5.41, 5.74) is -0.121. The number of hydrogen-bond acceptors (Lipinski definition) is 7. The van der Waals surface area contributed by atoms with Gasteiger partial charge in [0.2, 0.25) is 10.0 Å². The van der Waals surface area contributed by atoms with E-state index in [1.165, 1.54) is 12.1 Å². The zero-order valence-electron chi connectivity index (χ0n) is 14.7. The first-order valence-electron chi connectivity index (χ1n) is 7.96. The lowest BCUT2D eigenvalue weighted by Crippen LogP contribution is -2.55. The smallest absolute Gasteiger partial charge is 0.293 e. The highest BCUT2D eigenvalue weighted by molar-refractivity contribution is 7.89. The molecule has 0 atom stereocenters. The third-order valence-corrected chi connectivity index (χ3v) is 5.88. The molecule has 0 saturated carbocycles. The topological polar surface area (TPSA) is 122 Å². The highest BCUT2D eigenvalue weighted by atomic mass is 32.2. The van der Waals surface area contributed by atoms with Crippen molar-refractivity contribution in [2.24, 2.45) is 5.14 Å². The first-order valence-corrected chi connectivity index (χ1v) is 9.51. The first-order chi connectivity index (χ1) is 11.5. The van der Waals surface area contributed by atoms with Gasteiger partial charge >= 0.3 is 0 Å². The van der Waals surface area contributed by atoms with Crippen molar-refractivity contribution < 1.29 is 13.3 Å². The van der Waals surface area contributed by atoms with E-state index in [1.54, 1.807) is 0 Å². The molecule has 1 aromatic rings.